The molecule has 11 nitrogen and oxygen atoms in total. The van der Waals surface area contributed by atoms with Crippen molar-refractivity contribution in [3.05, 3.63) is 77.9 Å². The number of para-hydroxylation sites is 1. The Hall–Kier alpha value is -5.06. The molecule has 5 aromatic rings. The maximum Gasteiger partial charge on any atom is 0.343 e. The zero-order valence-electron chi connectivity index (χ0n) is 20.0. The van der Waals surface area contributed by atoms with Gasteiger partial charge in [-0.3, -0.25) is 4.57 Å². The van der Waals surface area contributed by atoms with Crippen molar-refractivity contribution in [1.29, 1.82) is 0 Å². The second kappa shape index (κ2) is 10.7. The molecule has 37 heavy (non-hydrogen) atoms. The topological polar surface area (TPSA) is 129 Å². The van der Waals surface area contributed by atoms with Gasteiger partial charge in [-0.2, -0.15) is 10.2 Å². The standard InChI is InChI=1S/C26H23N7O4/c1-3-35-26-28-22-10-6-9-21(25(34)36-16-37-27-2)23(22)33(26)15-17-11-13-18(14-12-17)19-7-4-5-8-20(19)24-29-31-32-30-24/h4-14H,2-3,15-16H2,1H3,(H,29,30,31,32). The van der Waals surface area contributed by atoms with Crippen LogP contribution in [-0.2, 0) is 16.1 Å². The first-order valence-corrected chi connectivity index (χ1v) is 11.5. The number of esters is 1. The molecule has 1 N–H and O–H groups in total. The van der Waals surface area contributed by atoms with Gasteiger partial charge in [-0.05, 0) is 41.0 Å². The van der Waals surface area contributed by atoms with Crippen LogP contribution in [0.4, 0.5) is 0 Å². The average molecular weight is 498 g/mol. The van der Waals surface area contributed by atoms with Crippen LogP contribution in [0, 0.1) is 0 Å². The zero-order valence-corrected chi connectivity index (χ0v) is 20.0. The normalized spacial score (nSPS) is 10.8. The van der Waals surface area contributed by atoms with Crippen molar-refractivity contribution in [2.45, 2.75) is 13.5 Å². The minimum atomic E-state index is -0.563. The fraction of sp³-hybridized carbons (Fsp3) is 0.154. The van der Waals surface area contributed by atoms with Crippen LogP contribution in [0.2, 0.25) is 0 Å². The Labute approximate surface area is 211 Å². The summed E-state index contributed by atoms with van der Waals surface area (Å²) in [6.07, 6.45) is 0. The number of carbonyl (C=O) groups excluding carboxylic acids is 1. The number of hydrogen-bond donors (Lipinski definition) is 1. The predicted molar refractivity (Wildman–Crippen MR) is 136 cm³/mol. The van der Waals surface area contributed by atoms with E-state index in [-0.39, 0.29) is 6.79 Å². The van der Waals surface area contributed by atoms with E-state index in [2.05, 4.69) is 37.5 Å². The molecule has 0 atom stereocenters. The number of hydrogen-bond acceptors (Lipinski definition) is 9. The van der Waals surface area contributed by atoms with Gasteiger partial charge in [0.2, 0.25) is 5.82 Å². The molecule has 0 saturated carbocycles. The molecular weight excluding hydrogens is 474 g/mol. The minimum Gasteiger partial charge on any atom is -0.465 e. The molecule has 186 valence electrons. The van der Waals surface area contributed by atoms with Crippen molar-refractivity contribution in [2.24, 2.45) is 5.16 Å². The third-order valence-electron chi connectivity index (χ3n) is 5.68. The fourth-order valence-electron chi connectivity index (χ4n) is 4.09. The largest absolute Gasteiger partial charge is 0.465 e. The number of fused-ring (bicyclic) bond motifs is 1. The number of nitrogens with one attached hydrogen (secondary N) is 1. The van der Waals surface area contributed by atoms with Gasteiger partial charge >= 0.3 is 5.97 Å². The van der Waals surface area contributed by atoms with Crippen molar-refractivity contribution in [3.8, 4) is 28.5 Å². The number of aromatic amines is 1. The molecule has 0 radical (unpaired) electrons. The van der Waals surface area contributed by atoms with Crippen LogP contribution in [0.15, 0.2) is 71.9 Å². The summed E-state index contributed by atoms with van der Waals surface area (Å²) in [5.41, 5.74) is 5.42. The van der Waals surface area contributed by atoms with Crippen molar-refractivity contribution < 1.29 is 19.1 Å². The summed E-state index contributed by atoms with van der Waals surface area (Å²) >= 11 is 0. The molecule has 0 amide bonds. The van der Waals surface area contributed by atoms with E-state index in [9.17, 15) is 4.79 Å². The molecule has 0 unspecified atom stereocenters. The van der Waals surface area contributed by atoms with Gasteiger partial charge in [-0.15, -0.1) is 10.2 Å². The Morgan fingerprint density at radius 3 is 2.59 bits per heavy atom. The third kappa shape index (κ3) is 4.87. The van der Waals surface area contributed by atoms with Crippen LogP contribution in [0.5, 0.6) is 6.01 Å². The van der Waals surface area contributed by atoms with Crippen LogP contribution in [0.1, 0.15) is 22.8 Å². The van der Waals surface area contributed by atoms with Gasteiger partial charge in [-0.1, -0.05) is 59.8 Å². The van der Waals surface area contributed by atoms with E-state index in [4.69, 9.17) is 14.3 Å². The van der Waals surface area contributed by atoms with E-state index in [1.807, 2.05) is 66.1 Å². The Morgan fingerprint density at radius 1 is 1.05 bits per heavy atom. The van der Waals surface area contributed by atoms with E-state index in [1.54, 1.807) is 12.1 Å². The monoisotopic (exact) mass is 497 g/mol. The number of imidazole rings is 1. The molecule has 11 heteroatoms. The molecule has 0 aliphatic heterocycles. The van der Waals surface area contributed by atoms with Gasteiger partial charge in [0.05, 0.1) is 29.7 Å². The third-order valence-corrected chi connectivity index (χ3v) is 5.68. The maximum atomic E-state index is 12.8. The van der Waals surface area contributed by atoms with Gasteiger partial charge in [0, 0.05) is 12.3 Å². The van der Waals surface area contributed by atoms with E-state index in [1.165, 1.54) is 0 Å². The maximum absolute atomic E-state index is 12.8. The molecule has 3 aromatic carbocycles. The Bertz CT molecular complexity index is 1530. The molecule has 0 bridgehead atoms. The lowest BCUT2D eigenvalue weighted by atomic mass is 9.98. The number of nitrogens with zero attached hydrogens (tertiary/aromatic N) is 6. The molecule has 0 fully saturated rings. The van der Waals surface area contributed by atoms with Gasteiger partial charge < -0.3 is 14.3 Å². The summed E-state index contributed by atoms with van der Waals surface area (Å²) in [4.78, 5) is 22.1. The van der Waals surface area contributed by atoms with Gasteiger partial charge in [0.15, 0.2) is 0 Å². The summed E-state index contributed by atoms with van der Waals surface area (Å²) in [5, 5.41) is 17.6. The highest BCUT2D eigenvalue weighted by atomic mass is 16.8. The van der Waals surface area contributed by atoms with Crippen molar-refractivity contribution in [1.82, 2.24) is 30.2 Å². The molecule has 2 aromatic heterocycles. The second-order valence-corrected chi connectivity index (χ2v) is 7.87. The van der Waals surface area contributed by atoms with Crippen LogP contribution in [-0.4, -0.2) is 56.3 Å². The fourth-order valence-corrected chi connectivity index (χ4v) is 4.09. The van der Waals surface area contributed by atoms with Crippen LogP contribution in [0.25, 0.3) is 33.5 Å². The molecule has 0 spiro atoms. The highest BCUT2D eigenvalue weighted by Crippen LogP contribution is 2.31. The lowest BCUT2D eigenvalue weighted by Gasteiger charge is -2.12. The van der Waals surface area contributed by atoms with Gasteiger partial charge in [0.1, 0.15) is 0 Å². The van der Waals surface area contributed by atoms with Crippen molar-refractivity contribution >= 4 is 23.7 Å². The summed E-state index contributed by atoms with van der Waals surface area (Å²) in [5.74, 6) is -0.0357. The van der Waals surface area contributed by atoms with Crippen LogP contribution >= 0.6 is 0 Å². The number of tetrazole rings is 1. The van der Waals surface area contributed by atoms with Gasteiger partial charge in [0.25, 0.3) is 12.8 Å². The molecule has 5 rings (SSSR count). The Balaban J connectivity index is 1.49. The highest BCUT2D eigenvalue weighted by Gasteiger charge is 2.20. The van der Waals surface area contributed by atoms with Crippen LogP contribution < -0.4 is 4.74 Å². The average Bonchev–Trinajstić information content (AvgIpc) is 3.58. The van der Waals surface area contributed by atoms with Crippen molar-refractivity contribution in [2.75, 3.05) is 13.4 Å². The smallest absolute Gasteiger partial charge is 0.343 e. The highest BCUT2D eigenvalue weighted by molar-refractivity contribution is 6.02. The first kappa shape index (κ1) is 23.7. The zero-order chi connectivity index (χ0) is 25.6. The van der Waals surface area contributed by atoms with Gasteiger partial charge in [-0.25, -0.2) is 4.79 Å². The molecular formula is C26H23N7O4. The number of ether oxygens (including phenoxy) is 2. The summed E-state index contributed by atoms with van der Waals surface area (Å²) < 4.78 is 12.8. The number of aromatic nitrogens is 6. The van der Waals surface area contributed by atoms with E-state index >= 15 is 0 Å². The first-order chi connectivity index (χ1) is 18.2. The number of H-pyrrole nitrogens is 1. The Morgan fingerprint density at radius 2 is 1.86 bits per heavy atom. The SMILES string of the molecule is C=NOCOC(=O)c1cccc2nc(OCC)n(Cc3ccc(-c4ccccc4-c4nn[nH]n4)cc3)c12. The minimum absolute atomic E-state index is 0.335. The quantitative estimate of drug-likeness (QED) is 0.100. The number of oxime groups is 1. The summed E-state index contributed by atoms with van der Waals surface area (Å²) in [6, 6.07) is 21.6. The number of rotatable bonds is 10. The lowest BCUT2D eigenvalue weighted by molar-refractivity contribution is -0.0289. The lowest BCUT2D eigenvalue weighted by Crippen LogP contribution is -2.11. The predicted octanol–water partition coefficient (Wildman–Crippen LogP) is 4.08. The molecule has 0 aliphatic rings. The molecule has 2 heterocycles. The number of benzene rings is 3. The van der Waals surface area contributed by atoms with E-state index in [0.717, 1.165) is 22.3 Å². The van der Waals surface area contributed by atoms with Crippen molar-refractivity contribution in [3.63, 3.8) is 0 Å². The van der Waals surface area contributed by atoms with Crippen LogP contribution in [0.3, 0.4) is 0 Å². The Kier molecular flexibility index (Phi) is 6.84. The first-order valence-electron chi connectivity index (χ1n) is 11.5. The summed E-state index contributed by atoms with van der Waals surface area (Å²) in [7, 11) is 0. The van der Waals surface area contributed by atoms with E-state index in [0.29, 0.717) is 41.6 Å². The summed E-state index contributed by atoms with van der Waals surface area (Å²) in [6.45, 7) is 5.60. The molecule has 0 saturated heterocycles. The molecule has 0 aliphatic carbocycles. The van der Waals surface area contributed by atoms with E-state index < -0.39 is 5.97 Å². The number of carbonyl (C=O) groups is 1. The second-order valence-electron chi connectivity index (χ2n) is 7.87.